The Bertz CT molecular complexity index is 678. The lowest BCUT2D eigenvalue weighted by atomic mass is 9.66. The maximum absolute atomic E-state index is 11.5. The molecule has 1 aliphatic heterocycles. The second-order valence-corrected chi connectivity index (χ2v) is 5.98. The second-order valence-electron chi connectivity index (χ2n) is 5.62. The van der Waals surface area contributed by atoms with E-state index in [1.54, 1.807) is 0 Å². The van der Waals surface area contributed by atoms with Gasteiger partial charge in [0, 0.05) is 5.56 Å². The lowest BCUT2D eigenvalue weighted by Crippen LogP contribution is -2.48. The van der Waals surface area contributed by atoms with E-state index in [9.17, 15) is 5.11 Å². The van der Waals surface area contributed by atoms with Crippen LogP contribution in [0.3, 0.4) is 0 Å². The van der Waals surface area contributed by atoms with Crippen LogP contribution in [0.5, 0.6) is 0 Å². The molecular formula is C17H16ClNO. The molecule has 1 heterocycles. The monoisotopic (exact) mass is 285 g/mol. The van der Waals surface area contributed by atoms with E-state index in [0.29, 0.717) is 5.17 Å². The van der Waals surface area contributed by atoms with Crippen molar-refractivity contribution in [2.24, 2.45) is 10.4 Å². The van der Waals surface area contributed by atoms with Gasteiger partial charge in [-0.15, -0.1) is 0 Å². The molecule has 0 bridgehead atoms. The Morgan fingerprint density at radius 3 is 2.25 bits per heavy atom. The number of para-hydroxylation sites is 1. The van der Waals surface area contributed by atoms with Gasteiger partial charge in [0.2, 0.25) is 0 Å². The fourth-order valence-corrected chi connectivity index (χ4v) is 3.03. The minimum Gasteiger partial charge on any atom is -0.379 e. The van der Waals surface area contributed by atoms with Crippen LogP contribution in [0.1, 0.15) is 25.0 Å². The quantitative estimate of drug-likeness (QED) is 0.835. The minimum atomic E-state index is -1.19. The van der Waals surface area contributed by atoms with E-state index in [-0.39, 0.29) is 0 Å². The Morgan fingerprint density at radius 1 is 0.950 bits per heavy atom. The molecule has 3 rings (SSSR count). The topological polar surface area (TPSA) is 32.6 Å². The zero-order valence-electron chi connectivity index (χ0n) is 11.5. The smallest absolute Gasteiger partial charge is 0.128 e. The summed E-state index contributed by atoms with van der Waals surface area (Å²) in [6.07, 6.45) is 0. The lowest BCUT2D eigenvalue weighted by Gasteiger charge is -2.45. The molecule has 2 aromatic carbocycles. The fourth-order valence-electron chi connectivity index (χ4n) is 2.80. The van der Waals surface area contributed by atoms with E-state index < -0.39 is 11.0 Å². The van der Waals surface area contributed by atoms with Crippen LogP contribution < -0.4 is 0 Å². The third kappa shape index (κ3) is 1.65. The highest BCUT2D eigenvalue weighted by Crippen LogP contribution is 2.52. The molecule has 0 saturated carbocycles. The average Bonchev–Trinajstić information content (AvgIpc) is 2.46. The molecule has 102 valence electrons. The molecule has 0 unspecified atom stereocenters. The Balaban J connectivity index is 2.35. The van der Waals surface area contributed by atoms with Crippen LogP contribution in [0, 0.1) is 5.41 Å². The van der Waals surface area contributed by atoms with Crippen LogP contribution in [0.4, 0.5) is 5.69 Å². The largest absolute Gasteiger partial charge is 0.379 e. The molecule has 0 aliphatic carbocycles. The first-order valence-corrected chi connectivity index (χ1v) is 6.98. The van der Waals surface area contributed by atoms with Crippen molar-refractivity contribution in [3.05, 3.63) is 65.7 Å². The molecular weight excluding hydrogens is 270 g/mol. The molecule has 0 fully saturated rings. The van der Waals surface area contributed by atoms with E-state index in [1.807, 2.05) is 68.4 Å². The maximum atomic E-state index is 11.5. The summed E-state index contributed by atoms with van der Waals surface area (Å²) in [5.74, 6) is 0. The number of aliphatic imine (C=N–C) groups is 1. The first-order valence-electron chi connectivity index (χ1n) is 6.60. The molecule has 1 atom stereocenters. The highest BCUT2D eigenvalue weighted by Gasteiger charge is 2.52. The van der Waals surface area contributed by atoms with E-state index in [2.05, 4.69) is 4.99 Å². The Labute approximate surface area is 123 Å². The van der Waals surface area contributed by atoms with E-state index in [4.69, 9.17) is 11.6 Å². The number of hydrogen-bond acceptors (Lipinski definition) is 2. The fraction of sp³-hybridized carbons (Fsp3) is 0.235. The Hall–Kier alpha value is -1.64. The summed E-state index contributed by atoms with van der Waals surface area (Å²) in [4.78, 5) is 4.44. The SMILES string of the molecule is CC1(C)C(Cl)=Nc2ccccc2[C@]1(O)c1ccccc1. The van der Waals surface area contributed by atoms with Gasteiger partial charge in [0.1, 0.15) is 10.8 Å². The van der Waals surface area contributed by atoms with Crippen LogP contribution >= 0.6 is 11.6 Å². The normalized spacial score (nSPS) is 23.9. The van der Waals surface area contributed by atoms with Gasteiger partial charge in [0.25, 0.3) is 0 Å². The molecule has 2 aromatic rings. The zero-order valence-corrected chi connectivity index (χ0v) is 12.2. The van der Waals surface area contributed by atoms with Gasteiger partial charge in [0.15, 0.2) is 0 Å². The first kappa shape index (κ1) is 13.3. The average molecular weight is 286 g/mol. The van der Waals surface area contributed by atoms with Crippen molar-refractivity contribution in [3.63, 3.8) is 0 Å². The predicted molar refractivity (Wildman–Crippen MR) is 82.6 cm³/mol. The van der Waals surface area contributed by atoms with Crippen molar-refractivity contribution in [2.75, 3.05) is 0 Å². The minimum absolute atomic E-state index is 0.419. The predicted octanol–water partition coefficient (Wildman–Crippen LogP) is 4.23. The van der Waals surface area contributed by atoms with Crippen molar-refractivity contribution >= 4 is 22.5 Å². The van der Waals surface area contributed by atoms with Crippen molar-refractivity contribution in [2.45, 2.75) is 19.4 Å². The summed E-state index contributed by atoms with van der Waals surface area (Å²) in [7, 11) is 0. The number of aliphatic hydroxyl groups is 1. The van der Waals surface area contributed by atoms with Crippen LogP contribution in [-0.4, -0.2) is 10.3 Å². The summed E-state index contributed by atoms with van der Waals surface area (Å²) < 4.78 is 0. The molecule has 1 aliphatic rings. The first-order chi connectivity index (χ1) is 9.48. The summed E-state index contributed by atoms with van der Waals surface area (Å²) >= 11 is 6.36. The molecule has 1 N–H and O–H groups in total. The third-order valence-electron chi connectivity index (χ3n) is 4.12. The number of nitrogens with zero attached hydrogens (tertiary/aromatic N) is 1. The molecule has 0 spiro atoms. The van der Waals surface area contributed by atoms with Gasteiger partial charge < -0.3 is 5.11 Å². The lowest BCUT2D eigenvalue weighted by molar-refractivity contribution is 0.00173. The number of hydrogen-bond donors (Lipinski definition) is 1. The number of fused-ring (bicyclic) bond motifs is 1. The van der Waals surface area contributed by atoms with Crippen LogP contribution in [0.2, 0.25) is 0 Å². The number of benzene rings is 2. The summed E-state index contributed by atoms with van der Waals surface area (Å²) in [6.45, 7) is 3.84. The van der Waals surface area contributed by atoms with Crippen molar-refractivity contribution < 1.29 is 5.11 Å². The van der Waals surface area contributed by atoms with Gasteiger partial charge >= 0.3 is 0 Å². The highest BCUT2D eigenvalue weighted by atomic mass is 35.5. The van der Waals surface area contributed by atoms with Gasteiger partial charge in [-0.25, -0.2) is 4.99 Å². The molecule has 0 aromatic heterocycles. The van der Waals surface area contributed by atoms with Gasteiger partial charge in [0.05, 0.1) is 11.1 Å². The molecule has 2 nitrogen and oxygen atoms in total. The molecule has 0 saturated heterocycles. The third-order valence-corrected chi connectivity index (χ3v) is 4.68. The summed E-state index contributed by atoms with van der Waals surface area (Å²) in [5, 5.41) is 11.9. The van der Waals surface area contributed by atoms with Crippen LogP contribution in [0.25, 0.3) is 0 Å². The van der Waals surface area contributed by atoms with Crippen LogP contribution in [0.15, 0.2) is 59.6 Å². The van der Waals surface area contributed by atoms with E-state index >= 15 is 0 Å². The van der Waals surface area contributed by atoms with Gasteiger partial charge in [-0.05, 0) is 25.5 Å². The van der Waals surface area contributed by atoms with E-state index in [0.717, 1.165) is 16.8 Å². The Morgan fingerprint density at radius 2 is 1.55 bits per heavy atom. The number of halogens is 1. The summed E-state index contributed by atoms with van der Waals surface area (Å²) in [5.41, 5.74) is 0.461. The molecule has 0 amide bonds. The van der Waals surface area contributed by atoms with Crippen LogP contribution in [-0.2, 0) is 5.60 Å². The highest BCUT2D eigenvalue weighted by molar-refractivity contribution is 6.67. The van der Waals surface area contributed by atoms with Gasteiger partial charge in [-0.1, -0.05) is 60.1 Å². The van der Waals surface area contributed by atoms with Crippen molar-refractivity contribution in [3.8, 4) is 0 Å². The maximum Gasteiger partial charge on any atom is 0.128 e. The molecule has 3 heteroatoms. The zero-order chi connectivity index (χ0) is 14.4. The number of rotatable bonds is 1. The summed E-state index contributed by atoms with van der Waals surface area (Å²) in [6, 6.07) is 17.2. The van der Waals surface area contributed by atoms with Crippen molar-refractivity contribution in [1.29, 1.82) is 0 Å². The van der Waals surface area contributed by atoms with E-state index in [1.165, 1.54) is 0 Å². The van der Waals surface area contributed by atoms with Gasteiger partial charge in [-0.2, -0.15) is 0 Å². The van der Waals surface area contributed by atoms with Gasteiger partial charge in [-0.3, -0.25) is 0 Å². The molecule has 20 heavy (non-hydrogen) atoms. The van der Waals surface area contributed by atoms with Crippen molar-refractivity contribution in [1.82, 2.24) is 0 Å². The molecule has 0 radical (unpaired) electrons. The second kappa shape index (κ2) is 4.44. The standard InChI is InChI=1S/C17H16ClNO/c1-16(2)15(18)19-14-11-7-6-10-13(14)17(16,20)12-8-4-3-5-9-12/h3-11,20H,1-2H3/t17-/m1/s1. The Kier molecular flexibility index (Phi) is 2.96.